The lowest BCUT2D eigenvalue weighted by atomic mass is 10.0. The van der Waals surface area contributed by atoms with Crippen LogP contribution in [0.25, 0.3) is 0 Å². The Morgan fingerprint density at radius 1 is 1.19 bits per heavy atom. The summed E-state index contributed by atoms with van der Waals surface area (Å²) in [7, 11) is 0. The Hall–Kier alpha value is -1.91. The Bertz CT molecular complexity index is 614. The number of hydrogen-bond acceptors (Lipinski definition) is 3. The number of halogens is 1. The van der Waals surface area contributed by atoms with Gasteiger partial charge in [-0.1, -0.05) is 24.3 Å². The Balaban J connectivity index is 1.81. The smallest absolute Gasteiger partial charge is 0.123 e. The van der Waals surface area contributed by atoms with Crippen LogP contribution in [-0.2, 0) is 6.54 Å². The quantitative estimate of drug-likeness (QED) is 0.852. The predicted molar refractivity (Wildman–Crippen MR) is 83.3 cm³/mol. The minimum absolute atomic E-state index is 0.179. The lowest BCUT2D eigenvalue weighted by Gasteiger charge is -2.36. The van der Waals surface area contributed by atoms with Crippen LogP contribution in [0.1, 0.15) is 17.2 Å². The molecule has 1 saturated heterocycles. The average Bonchev–Trinajstić information content (AvgIpc) is 2.48. The maximum absolute atomic E-state index is 13.5. The maximum Gasteiger partial charge on any atom is 0.123 e. The van der Waals surface area contributed by atoms with Gasteiger partial charge in [-0.05, 0) is 35.4 Å². The van der Waals surface area contributed by atoms with E-state index in [9.17, 15) is 4.39 Å². The second-order valence-electron chi connectivity index (χ2n) is 5.49. The van der Waals surface area contributed by atoms with Crippen LogP contribution in [0.3, 0.4) is 0 Å². The molecule has 1 aliphatic rings. The molecule has 3 nitrogen and oxygen atoms in total. The van der Waals surface area contributed by atoms with Crippen molar-refractivity contribution in [1.82, 2.24) is 10.2 Å². The molecule has 3 rings (SSSR count). The molecule has 0 bridgehead atoms. The number of anilines is 1. The van der Waals surface area contributed by atoms with E-state index in [0.717, 1.165) is 37.4 Å². The summed E-state index contributed by atoms with van der Waals surface area (Å²) in [5, 5.41) is 3.39. The molecule has 1 heterocycles. The molecule has 0 saturated carbocycles. The van der Waals surface area contributed by atoms with Crippen molar-refractivity contribution in [3.05, 3.63) is 65.5 Å². The summed E-state index contributed by atoms with van der Waals surface area (Å²) in [5.41, 5.74) is 8.84. The van der Waals surface area contributed by atoms with Gasteiger partial charge >= 0.3 is 0 Å². The first-order chi connectivity index (χ1) is 10.2. The molecule has 0 aliphatic carbocycles. The van der Waals surface area contributed by atoms with Gasteiger partial charge < -0.3 is 11.1 Å². The highest BCUT2D eigenvalue weighted by Gasteiger charge is 2.24. The second-order valence-corrected chi connectivity index (χ2v) is 5.49. The third-order valence-corrected chi connectivity index (χ3v) is 3.92. The summed E-state index contributed by atoms with van der Waals surface area (Å²) in [6.45, 7) is 3.56. The normalized spacial score (nSPS) is 19.6. The van der Waals surface area contributed by atoms with Gasteiger partial charge in [-0.25, -0.2) is 4.39 Å². The number of piperazine rings is 1. The molecule has 2 aromatic carbocycles. The highest BCUT2D eigenvalue weighted by molar-refractivity contribution is 5.40. The van der Waals surface area contributed by atoms with Crippen LogP contribution in [0.15, 0.2) is 48.5 Å². The van der Waals surface area contributed by atoms with Crippen molar-refractivity contribution < 1.29 is 4.39 Å². The van der Waals surface area contributed by atoms with Gasteiger partial charge in [0.05, 0.1) is 0 Å². The largest absolute Gasteiger partial charge is 0.399 e. The highest BCUT2D eigenvalue weighted by atomic mass is 19.1. The van der Waals surface area contributed by atoms with Gasteiger partial charge in [0.1, 0.15) is 5.82 Å². The zero-order valence-electron chi connectivity index (χ0n) is 11.9. The van der Waals surface area contributed by atoms with Crippen molar-refractivity contribution in [2.75, 3.05) is 25.4 Å². The number of nitrogens with one attached hydrogen (secondary N) is 1. The molecule has 1 fully saturated rings. The first-order valence-corrected chi connectivity index (χ1v) is 7.27. The summed E-state index contributed by atoms with van der Waals surface area (Å²) in [6, 6.07) is 15.0. The zero-order chi connectivity index (χ0) is 14.7. The van der Waals surface area contributed by atoms with Crippen molar-refractivity contribution >= 4 is 5.69 Å². The molecule has 110 valence electrons. The first-order valence-electron chi connectivity index (χ1n) is 7.27. The number of hydrogen-bond donors (Lipinski definition) is 2. The SMILES string of the molecule is Nc1cccc(CN2CCNCC2c2cccc(F)c2)c1. The molecular formula is C17H20FN3. The Morgan fingerprint density at radius 3 is 2.86 bits per heavy atom. The average molecular weight is 285 g/mol. The van der Waals surface area contributed by atoms with E-state index in [2.05, 4.69) is 16.3 Å². The van der Waals surface area contributed by atoms with E-state index >= 15 is 0 Å². The van der Waals surface area contributed by atoms with Crippen LogP contribution in [0.5, 0.6) is 0 Å². The fraction of sp³-hybridized carbons (Fsp3) is 0.294. The van der Waals surface area contributed by atoms with Crippen molar-refractivity contribution in [3.8, 4) is 0 Å². The lowest BCUT2D eigenvalue weighted by Crippen LogP contribution is -2.45. The molecule has 0 amide bonds. The van der Waals surface area contributed by atoms with E-state index in [1.165, 1.54) is 11.6 Å². The number of benzene rings is 2. The van der Waals surface area contributed by atoms with E-state index in [-0.39, 0.29) is 11.9 Å². The van der Waals surface area contributed by atoms with Crippen molar-refractivity contribution in [2.45, 2.75) is 12.6 Å². The van der Waals surface area contributed by atoms with Crippen molar-refractivity contribution in [3.63, 3.8) is 0 Å². The highest BCUT2D eigenvalue weighted by Crippen LogP contribution is 2.25. The van der Waals surface area contributed by atoms with E-state index in [1.807, 2.05) is 24.3 Å². The van der Waals surface area contributed by atoms with Gasteiger partial charge in [-0.15, -0.1) is 0 Å². The fourth-order valence-corrected chi connectivity index (χ4v) is 2.90. The molecule has 1 unspecified atom stereocenters. The van der Waals surface area contributed by atoms with Gasteiger partial charge in [0, 0.05) is 37.9 Å². The van der Waals surface area contributed by atoms with E-state index in [4.69, 9.17) is 5.73 Å². The minimum atomic E-state index is -0.179. The topological polar surface area (TPSA) is 41.3 Å². The van der Waals surface area contributed by atoms with Crippen LogP contribution in [-0.4, -0.2) is 24.5 Å². The molecule has 2 aromatic rings. The van der Waals surface area contributed by atoms with Crippen LogP contribution in [0.4, 0.5) is 10.1 Å². The molecule has 3 N–H and O–H groups in total. The van der Waals surface area contributed by atoms with Gasteiger partial charge in [-0.3, -0.25) is 4.90 Å². The first kappa shape index (κ1) is 14.0. The van der Waals surface area contributed by atoms with Gasteiger partial charge in [-0.2, -0.15) is 0 Å². The Kier molecular flexibility index (Phi) is 4.18. The molecule has 1 aliphatic heterocycles. The molecule has 1 atom stereocenters. The van der Waals surface area contributed by atoms with Crippen LogP contribution in [0, 0.1) is 5.82 Å². The molecule has 0 radical (unpaired) electrons. The number of nitrogens with two attached hydrogens (primary N) is 1. The molecule has 0 spiro atoms. The van der Waals surface area contributed by atoms with Crippen LogP contribution < -0.4 is 11.1 Å². The van der Waals surface area contributed by atoms with Gasteiger partial charge in [0.25, 0.3) is 0 Å². The summed E-state index contributed by atoms with van der Waals surface area (Å²) in [4.78, 5) is 2.38. The van der Waals surface area contributed by atoms with E-state index < -0.39 is 0 Å². The number of nitrogens with zero attached hydrogens (tertiary/aromatic N) is 1. The monoisotopic (exact) mass is 285 g/mol. The number of rotatable bonds is 3. The van der Waals surface area contributed by atoms with E-state index in [0.29, 0.717) is 0 Å². The van der Waals surface area contributed by atoms with Crippen LogP contribution in [0.2, 0.25) is 0 Å². The van der Waals surface area contributed by atoms with Gasteiger partial charge in [0.2, 0.25) is 0 Å². The van der Waals surface area contributed by atoms with Crippen LogP contribution >= 0.6 is 0 Å². The molecular weight excluding hydrogens is 265 g/mol. The predicted octanol–water partition coefficient (Wildman–Crippen LogP) is 2.55. The van der Waals surface area contributed by atoms with Crippen molar-refractivity contribution in [2.24, 2.45) is 0 Å². The third kappa shape index (κ3) is 3.40. The number of nitrogen functional groups attached to an aromatic ring is 1. The Labute approximate surface area is 124 Å². The molecule has 4 heteroatoms. The summed E-state index contributed by atoms with van der Waals surface area (Å²) in [5.74, 6) is -0.179. The lowest BCUT2D eigenvalue weighted by molar-refractivity contribution is 0.153. The molecule has 0 aromatic heterocycles. The molecule has 21 heavy (non-hydrogen) atoms. The summed E-state index contributed by atoms with van der Waals surface area (Å²) < 4.78 is 13.5. The van der Waals surface area contributed by atoms with E-state index in [1.54, 1.807) is 12.1 Å². The summed E-state index contributed by atoms with van der Waals surface area (Å²) >= 11 is 0. The maximum atomic E-state index is 13.5. The zero-order valence-corrected chi connectivity index (χ0v) is 11.9. The van der Waals surface area contributed by atoms with Crippen molar-refractivity contribution in [1.29, 1.82) is 0 Å². The third-order valence-electron chi connectivity index (χ3n) is 3.92. The second kappa shape index (κ2) is 6.24. The van der Waals surface area contributed by atoms with Gasteiger partial charge in [0.15, 0.2) is 0 Å². The Morgan fingerprint density at radius 2 is 2.05 bits per heavy atom. The minimum Gasteiger partial charge on any atom is -0.399 e. The fourth-order valence-electron chi connectivity index (χ4n) is 2.90. The standard InChI is InChI=1S/C17H20FN3/c18-15-5-2-4-14(10-15)17-11-20-7-8-21(17)12-13-3-1-6-16(19)9-13/h1-6,9-10,17,20H,7-8,11-12,19H2. The summed E-state index contributed by atoms with van der Waals surface area (Å²) in [6.07, 6.45) is 0.